The van der Waals surface area contributed by atoms with Gasteiger partial charge >= 0.3 is 0 Å². The average molecular weight is 347 g/mol. The number of hydrogen-bond acceptors (Lipinski definition) is 3. The van der Waals surface area contributed by atoms with Crippen molar-refractivity contribution in [3.05, 3.63) is 78.2 Å². The monoisotopic (exact) mass is 347 g/mol. The number of carbonyl (C=O) groups excluding carboxylic acids is 1. The van der Waals surface area contributed by atoms with E-state index in [4.69, 9.17) is 0 Å². The summed E-state index contributed by atoms with van der Waals surface area (Å²) in [4.78, 5) is 20.2. The minimum atomic E-state index is 0.0984. The third-order valence-corrected chi connectivity index (χ3v) is 5.08. The summed E-state index contributed by atoms with van der Waals surface area (Å²) in [5.41, 5.74) is 3.96. The molecular formula is C20H17N3OS. The Morgan fingerprint density at radius 2 is 2.08 bits per heavy atom. The molecule has 0 unspecified atom stereocenters. The molecule has 0 fully saturated rings. The number of aryl methyl sites for hydroxylation is 1. The Morgan fingerprint density at radius 3 is 2.96 bits per heavy atom. The van der Waals surface area contributed by atoms with E-state index in [1.165, 1.54) is 17.3 Å². The molecule has 25 heavy (non-hydrogen) atoms. The number of Topliss-reactive ketones (excluding diaryl/α,β-unsaturated/α-hetero) is 1. The Balaban J connectivity index is 1.54. The van der Waals surface area contributed by atoms with Gasteiger partial charge < -0.3 is 4.98 Å². The van der Waals surface area contributed by atoms with E-state index in [0.717, 1.165) is 27.3 Å². The fourth-order valence-corrected chi connectivity index (χ4v) is 3.74. The number of nitrogens with zero attached hydrogens (tertiary/aromatic N) is 2. The lowest BCUT2D eigenvalue weighted by molar-refractivity contribution is 0.102. The van der Waals surface area contributed by atoms with Crippen molar-refractivity contribution in [2.75, 3.05) is 5.75 Å². The maximum Gasteiger partial charge on any atom is 0.175 e. The van der Waals surface area contributed by atoms with Gasteiger partial charge in [-0.2, -0.15) is 0 Å². The lowest BCUT2D eigenvalue weighted by Crippen LogP contribution is -2.03. The van der Waals surface area contributed by atoms with Gasteiger partial charge in [-0.25, -0.2) is 4.98 Å². The molecule has 0 aliphatic rings. The topological polar surface area (TPSA) is 50.7 Å². The van der Waals surface area contributed by atoms with Gasteiger partial charge in [0.15, 0.2) is 10.9 Å². The van der Waals surface area contributed by atoms with E-state index in [1.807, 2.05) is 47.2 Å². The number of aromatic nitrogens is 3. The van der Waals surface area contributed by atoms with Gasteiger partial charge in [0.1, 0.15) is 0 Å². The van der Waals surface area contributed by atoms with E-state index in [-0.39, 0.29) is 5.78 Å². The molecule has 0 aliphatic carbocycles. The number of ketones is 1. The summed E-state index contributed by atoms with van der Waals surface area (Å²) in [5, 5.41) is 1.79. The SMILES string of the molecule is Cc1cccc(-n2ccnc2SCC(=O)c2c[nH]c3ccccc23)c1. The molecule has 0 amide bonds. The maximum absolute atomic E-state index is 12.6. The summed E-state index contributed by atoms with van der Waals surface area (Å²) in [7, 11) is 0. The molecule has 2 aromatic heterocycles. The van der Waals surface area contributed by atoms with Crippen LogP contribution in [0, 0.1) is 6.92 Å². The van der Waals surface area contributed by atoms with Crippen LogP contribution in [0.4, 0.5) is 0 Å². The Kier molecular flexibility index (Phi) is 4.15. The highest BCUT2D eigenvalue weighted by Gasteiger charge is 2.14. The van der Waals surface area contributed by atoms with E-state index < -0.39 is 0 Å². The van der Waals surface area contributed by atoms with Crippen LogP contribution in [-0.4, -0.2) is 26.1 Å². The van der Waals surface area contributed by atoms with Gasteiger partial charge in [0.2, 0.25) is 0 Å². The van der Waals surface area contributed by atoms with Crippen LogP contribution in [-0.2, 0) is 0 Å². The number of thioether (sulfide) groups is 1. The molecule has 2 heterocycles. The van der Waals surface area contributed by atoms with Gasteiger partial charge in [-0.15, -0.1) is 0 Å². The van der Waals surface area contributed by atoms with E-state index >= 15 is 0 Å². The van der Waals surface area contributed by atoms with Crippen molar-refractivity contribution in [3.63, 3.8) is 0 Å². The van der Waals surface area contributed by atoms with Crippen LogP contribution >= 0.6 is 11.8 Å². The third kappa shape index (κ3) is 3.10. The number of H-pyrrole nitrogens is 1. The number of nitrogens with one attached hydrogen (secondary N) is 1. The standard InChI is InChI=1S/C20H17N3OS/c1-14-5-4-6-15(11-14)23-10-9-21-20(23)25-13-19(24)17-12-22-18-8-3-2-7-16(17)18/h2-12,22H,13H2,1H3. The lowest BCUT2D eigenvalue weighted by atomic mass is 10.1. The van der Waals surface area contributed by atoms with Crippen molar-refractivity contribution in [1.29, 1.82) is 0 Å². The predicted octanol–water partition coefficient (Wildman–Crippen LogP) is 4.64. The minimum Gasteiger partial charge on any atom is -0.360 e. The molecule has 0 atom stereocenters. The molecule has 0 aliphatic heterocycles. The second kappa shape index (κ2) is 6.61. The molecule has 1 N–H and O–H groups in total. The Bertz CT molecular complexity index is 1050. The molecule has 5 heteroatoms. The van der Waals surface area contributed by atoms with Gasteiger partial charge in [-0.3, -0.25) is 9.36 Å². The number of carbonyl (C=O) groups is 1. The first kappa shape index (κ1) is 15.7. The number of benzene rings is 2. The summed E-state index contributed by atoms with van der Waals surface area (Å²) in [6.07, 6.45) is 5.48. The Labute approximate surface area is 149 Å². The normalized spacial score (nSPS) is 11.1. The number of rotatable bonds is 5. The minimum absolute atomic E-state index is 0.0984. The van der Waals surface area contributed by atoms with Crippen molar-refractivity contribution in [2.45, 2.75) is 12.1 Å². The van der Waals surface area contributed by atoms with Crippen molar-refractivity contribution in [2.24, 2.45) is 0 Å². The zero-order chi connectivity index (χ0) is 17.2. The molecular weight excluding hydrogens is 330 g/mol. The largest absolute Gasteiger partial charge is 0.360 e. The molecule has 0 spiro atoms. The second-order valence-corrected chi connectivity index (χ2v) is 6.82. The van der Waals surface area contributed by atoms with Gasteiger partial charge in [0.05, 0.1) is 5.75 Å². The van der Waals surface area contributed by atoms with Crippen LogP contribution in [0.1, 0.15) is 15.9 Å². The van der Waals surface area contributed by atoms with Crippen LogP contribution < -0.4 is 0 Å². The summed E-state index contributed by atoms with van der Waals surface area (Å²) >= 11 is 1.46. The van der Waals surface area contributed by atoms with E-state index in [9.17, 15) is 4.79 Å². The molecule has 4 aromatic rings. The first-order valence-corrected chi connectivity index (χ1v) is 9.03. The fraction of sp³-hybridized carbons (Fsp3) is 0.100. The van der Waals surface area contributed by atoms with Crippen LogP contribution in [0.5, 0.6) is 0 Å². The van der Waals surface area contributed by atoms with Crippen molar-refractivity contribution in [3.8, 4) is 5.69 Å². The summed E-state index contributed by atoms with van der Waals surface area (Å²) in [6, 6.07) is 16.1. The molecule has 0 bridgehead atoms. The zero-order valence-corrected chi connectivity index (χ0v) is 14.6. The number of hydrogen-bond donors (Lipinski definition) is 1. The van der Waals surface area contributed by atoms with Crippen LogP contribution in [0.15, 0.2) is 72.3 Å². The van der Waals surface area contributed by atoms with E-state index in [0.29, 0.717) is 5.75 Å². The van der Waals surface area contributed by atoms with E-state index in [2.05, 4.69) is 29.0 Å². The zero-order valence-electron chi connectivity index (χ0n) is 13.8. The van der Waals surface area contributed by atoms with Crippen molar-refractivity contribution >= 4 is 28.4 Å². The highest BCUT2D eigenvalue weighted by molar-refractivity contribution is 7.99. The summed E-state index contributed by atoms with van der Waals surface area (Å²) in [6.45, 7) is 2.06. The third-order valence-electron chi connectivity index (χ3n) is 4.11. The molecule has 0 saturated carbocycles. The van der Waals surface area contributed by atoms with Crippen LogP contribution in [0.25, 0.3) is 16.6 Å². The molecule has 124 valence electrons. The first-order valence-electron chi connectivity index (χ1n) is 8.05. The molecule has 2 aromatic carbocycles. The van der Waals surface area contributed by atoms with Gasteiger partial charge in [0.25, 0.3) is 0 Å². The highest BCUT2D eigenvalue weighted by Crippen LogP contribution is 2.24. The number of aromatic amines is 1. The summed E-state index contributed by atoms with van der Waals surface area (Å²) in [5.74, 6) is 0.450. The smallest absolute Gasteiger partial charge is 0.175 e. The fourth-order valence-electron chi connectivity index (χ4n) is 2.88. The van der Waals surface area contributed by atoms with Crippen molar-refractivity contribution in [1.82, 2.24) is 14.5 Å². The molecule has 4 nitrogen and oxygen atoms in total. The average Bonchev–Trinajstić information content (AvgIpc) is 3.26. The number of para-hydroxylation sites is 1. The Hall–Kier alpha value is -2.79. The first-order chi connectivity index (χ1) is 12.2. The summed E-state index contributed by atoms with van der Waals surface area (Å²) < 4.78 is 2.01. The molecule has 0 saturated heterocycles. The number of fused-ring (bicyclic) bond motifs is 1. The second-order valence-electron chi connectivity index (χ2n) is 5.88. The predicted molar refractivity (Wildman–Crippen MR) is 102 cm³/mol. The van der Waals surface area contributed by atoms with Crippen LogP contribution in [0.3, 0.4) is 0 Å². The van der Waals surface area contributed by atoms with Crippen molar-refractivity contribution < 1.29 is 4.79 Å². The number of imidazole rings is 1. The lowest BCUT2D eigenvalue weighted by Gasteiger charge is -2.08. The Morgan fingerprint density at radius 1 is 1.20 bits per heavy atom. The van der Waals surface area contributed by atoms with Gasteiger partial charge in [-0.05, 0) is 30.7 Å². The quantitative estimate of drug-likeness (QED) is 0.423. The highest BCUT2D eigenvalue weighted by atomic mass is 32.2. The van der Waals surface area contributed by atoms with Crippen LogP contribution in [0.2, 0.25) is 0 Å². The van der Waals surface area contributed by atoms with Gasteiger partial charge in [-0.1, -0.05) is 42.1 Å². The molecule has 0 radical (unpaired) electrons. The molecule has 4 rings (SSSR count). The van der Waals surface area contributed by atoms with E-state index in [1.54, 1.807) is 12.4 Å². The van der Waals surface area contributed by atoms with Gasteiger partial charge in [0, 0.05) is 40.7 Å². The maximum atomic E-state index is 12.6.